The predicted molar refractivity (Wildman–Crippen MR) is 114 cm³/mol. The molecule has 4 nitrogen and oxygen atoms in total. The molecular formula is C22H34BrN3O. The minimum Gasteiger partial charge on any atom is -0.376 e. The Labute approximate surface area is 172 Å². The number of nitrogens with one attached hydrogen (secondary N) is 1. The number of nitrogens with zero attached hydrogens (tertiary/aromatic N) is 2. The Kier molecular flexibility index (Phi) is 5.96. The molecule has 1 aromatic rings. The molecule has 27 heavy (non-hydrogen) atoms. The normalized spacial score (nSPS) is 31.8. The van der Waals surface area contributed by atoms with Crippen molar-refractivity contribution >= 4 is 15.9 Å². The summed E-state index contributed by atoms with van der Waals surface area (Å²) in [5.74, 6) is 0. The molecule has 0 unspecified atom stereocenters. The second-order valence-corrected chi connectivity index (χ2v) is 9.68. The molecule has 1 N–H and O–H groups in total. The fourth-order valence-electron chi connectivity index (χ4n) is 5.48. The van der Waals surface area contributed by atoms with Crippen LogP contribution in [0.1, 0.15) is 50.8 Å². The fraction of sp³-hybridized carbons (Fsp3) is 0.727. The number of fused-ring (bicyclic) bond motifs is 1. The zero-order valence-corrected chi connectivity index (χ0v) is 18.6. The zero-order valence-electron chi connectivity index (χ0n) is 17.0. The van der Waals surface area contributed by atoms with Crippen molar-refractivity contribution < 1.29 is 4.74 Å². The minimum atomic E-state index is 0.280. The van der Waals surface area contributed by atoms with Crippen molar-refractivity contribution in [2.24, 2.45) is 0 Å². The van der Waals surface area contributed by atoms with Gasteiger partial charge >= 0.3 is 0 Å². The van der Waals surface area contributed by atoms with E-state index >= 15 is 0 Å². The first-order valence-corrected chi connectivity index (χ1v) is 11.4. The van der Waals surface area contributed by atoms with Crippen molar-refractivity contribution in [2.45, 2.75) is 63.8 Å². The maximum Gasteiger partial charge on any atom is 0.0812 e. The molecular weight excluding hydrogens is 402 g/mol. The quantitative estimate of drug-likeness (QED) is 0.781. The fourth-order valence-corrected chi connectivity index (χ4v) is 5.89. The van der Waals surface area contributed by atoms with Crippen molar-refractivity contribution in [3.8, 4) is 0 Å². The van der Waals surface area contributed by atoms with Crippen molar-refractivity contribution in [1.82, 2.24) is 15.1 Å². The molecule has 2 heterocycles. The van der Waals surface area contributed by atoms with E-state index < -0.39 is 0 Å². The topological polar surface area (TPSA) is 27.7 Å². The Morgan fingerprint density at radius 1 is 1.26 bits per heavy atom. The van der Waals surface area contributed by atoms with Crippen LogP contribution in [-0.4, -0.2) is 66.8 Å². The molecule has 0 amide bonds. The van der Waals surface area contributed by atoms with Crippen LogP contribution in [-0.2, 0) is 11.2 Å². The number of piperidine rings is 1. The van der Waals surface area contributed by atoms with Crippen LogP contribution in [0.2, 0.25) is 0 Å². The van der Waals surface area contributed by atoms with Crippen LogP contribution in [0.25, 0.3) is 0 Å². The van der Waals surface area contributed by atoms with Crippen molar-refractivity contribution in [3.63, 3.8) is 0 Å². The molecule has 1 aromatic carbocycles. The number of rotatable bonds is 4. The summed E-state index contributed by atoms with van der Waals surface area (Å²) in [6, 6.07) is 7.74. The van der Waals surface area contributed by atoms with Gasteiger partial charge in [0.1, 0.15) is 0 Å². The molecule has 3 aliphatic rings. The minimum absolute atomic E-state index is 0.280. The van der Waals surface area contributed by atoms with E-state index in [0.29, 0.717) is 17.6 Å². The van der Waals surface area contributed by atoms with Crippen LogP contribution in [0.3, 0.4) is 0 Å². The van der Waals surface area contributed by atoms with E-state index in [9.17, 15) is 0 Å². The summed E-state index contributed by atoms with van der Waals surface area (Å²) in [4.78, 5) is 5.49. The maximum absolute atomic E-state index is 6.22. The van der Waals surface area contributed by atoms with Gasteiger partial charge in [0.2, 0.25) is 0 Å². The highest BCUT2D eigenvalue weighted by atomic mass is 79.9. The number of ether oxygens (including phenoxy) is 1. The Bertz CT molecular complexity index is 661. The van der Waals surface area contributed by atoms with Gasteiger partial charge in [0.25, 0.3) is 0 Å². The van der Waals surface area contributed by atoms with Gasteiger partial charge in [0.15, 0.2) is 0 Å². The molecule has 4 rings (SSSR count). The standard InChI is InChI=1S/C22H34BrN3O/c1-4-27-20-14-17-13-18(23)5-6-19(17)21(20)26-12-11-25(15-16(26)2)22(3)7-9-24-10-8-22/h5-6,13,16,20-21,24H,4,7-12,14-15H2,1-3H3/t16-,20-,21+/m0/s1. The van der Waals surface area contributed by atoms with Crippen LogP contribution >= 0.6 is 15.9 Å². The molecule has 1 aliphatic carbocycles. The van der Waals surface area contributed by atoms with E-state index in [1.54, 1.807) is 0 Å². The Balaban J connectivity index is 1.53. The SMILES string of the molecule is CCO[C@H]1Cc2cc(Br)ccc2[C@H]1N1CCN(C2(C)CCNCC2)C[C@@H]1C. The van der Waals surface area contributed by atoms with E-state index in [4.69, 9.17) is 4.74 Å². The Hall–Kier alpha value is -0.460. The molecule has 2 aliphatic heterocycles. The lowest BCUT2D eigenvalue weighted by Gasteiger charge is -2.52. The van der Waals surface area contributed by atoms with E-state index in [-0.39, 0.29) is 6.10 Å². The largest absolute Gasteiger partial charge is 0.376 e. The first-order chi connectivity index (χ1) is 13.0. The lowest BCUT2D eigenvalue weighted by atomic mass is 9.87. The second-order valence-electron chi connectivity index (χ2n) is 8.77. The average molecular weight is 436 g/mol. The monoisotopic (exact) mass is 435 g/mol. The summed E-state index contributed by atoms with van der Waals surface area (Å²) >= 11 is 3.64. The lowest BCUT2D eigenvalue weighted by Crippen LogP contribution is -2.62. The Morgan fingerprint density at radius 2 is 2.04 bits per heavy atom. The van der Waals surface area contributed by atoms with Crippen molar-refractivity contribution in [1.29, 1.82) is 0 Å². The van der Waals surface area contributed by atoms with Gasteiger partial charge in [-0.25, -0.2) is 0 Å². The van der Waals surface area contributed by atoms with E-state index in [1.807, 2.05) is 0 Å². The lowest BCUT2D eigenvalue weighted by molar-refractivity contribution is -0.0588. The molecule has 0 saturated carbocycles. The number of benzene rings is 1. The number of hydrogen-bond acceptors (Lipinski definition) is 4. The summed E-state index contributed by atoms with van der Waals surface area (Å²) in [5, 5.41) is 3.52. The van der Waals surface area contributed by atoms with Gasteiger partial charge in [-0.15, -0.1) is 0 Å². The first kappa shape index (κ1) is 19.8. The van der Waals surface area contributed by atoms with Gasteiger partial charge in [-0.1, -0.05) is 22.0 Å². The van der Waals surface area contributed by atoms with Crippen LogP contribution < -0.4 is 5.32 Å². The third-order valence-electron chi connectivity index (χ3n) is 7.06. The Morgan fingerprint density at radius 3 is 2.74 bits per heavy atom. The molecule has 0 radical (unpaired) electrons. The maximum atomic E-state index is 6.22. The highest BCUT2D eigenvalue weighted by Gasteiger charge is 2.43. The number of hydrogen-bond donors (Lipinski definition) is 1. The second kappa shape index (κ2) is 8.11. The number of piperazine rings is 1. The van der Waals surface area contributed by atoms with Crippen LogP contribution in [0.15, 0.2) is 22.7 Å². The van der Waals surface area contributed by atoms with Gasteiger partial charge in [-0.2, -0.15) is 0 Å². The van der Waals surface area contributed by atoms with Crippen LogP contribution in [0.5, 0.6) is 0 Å². The zero-order chi connectivity index (χ0) is 19.0. The summed E-state index contributed by atoms with van der Waals surface area (Å²) in [5.41, 5.74) is 3.29. The third kappa shape index (κ3) is 3.86. The summed E-state index contributed by atoms with van der Waals surface area (Å²) in [6.07, 6.45) is 3.84. The molecule has 0 spiro atoms. The first-order valence-electron chi connectivity index (χ1n) is 10.6. The smallest absolute Gasteiger partial charge is 0.0812 e. The predicted octanol–water partition coefficient (Wildman–Crippen LogP) is 3.60. The van der Waals surface area contributed by atoms with Gasteiger partial charge in [0, 0.05) is 48.7 Å². The molecule has 2 fully saturated rings. The summed E-state index contributed by atoms with van der Waals surface area (Å²) in [6.45, 7) is 13.6. The van der Waals surface area contributed by atoms with Gasteiger partial charge in [-0.05, 0) is 70.0 Å². The highest BCUT2D eigenvalue weighted by molar-refractivity contribution is 9.10. The van der Waals surface area contributed by atoms with E-state index in [1.165, 1.54) is 35.0 Å². The molecule has 0 aromatic heterocycles. The molecule has 5 heteroatoms. The van der Waals surface area contributed by atoms with Crippen molar-refractivity contribution in [2.75, 3.05) is 39.3 Å². The molecule has 150 valence electrons. The van der Waals surface area contributed by atoms with Crippen LogP contribution in [0.4, 0.5) is 0 Å². The van der Waals surface area contributed by atoms with Crippen LogP contribution in [0, 0.1) is 0 Å². The van der Waals surface area contributed by atoms with Gasteiger partial charge < -0.3 is 10.1 Å². The van der Waals surface area contributed by atoms with E-state index in [0.717, 1.165) is 39.2 Å². The van der Waals surface area contributed by atoms with Gasteiger partial charge in [-0.3, -0.25) is 9.80 Å². The summed E-state index contributed by atoms with van der Waals surface area (Å²) < 4.78 is 7.40. The summed E-state index contributed by atoms with van der Waals surface area (Å²) in [7, 11) is 0. The molecule has 2 saturated heterocycles. The molecule has 3 atom stereocenters. The molecule has 0 bridgehead atoms. The van der Waals surface area contributed by atoms with Gasteiger partial charge in [0.05, 0.1) is 12.1 Å². The van der Waals surface area contributed by atoms with Crippen molar-refractivity contribution in [3.05, 3.63) is 33.8 Å². The highest BCUT2D eigenvalue weighted by Crippen LogP contribution is 2.41. The van der Waals surface area contributed by atoms with E-state index in [2.05, 4.69) is 70.0 Å². The third-order valence-corrected chi connectivity index (χ3v) is 7.55. The average Bonchev–Trinajstić information content (AvgIpc) is 2.99. The number of halogens is 1.